The molecule has 2 rings (SSSR count). The van der Waals surface area contributed by atoms with Crippen LogP contribution in [0.15, 0.2) is 42.5 Å². The van der Waals surface area contributed by atoms with E-state index in [0.717, 1.165) is 11.1 Å². The lowest BCUT2D eigenvalue weighted by Gasteiger charge is -2.19. The van der Waals surface area contributed by atoms with Crippen LogP contribution in [0.5, 0.6) is 5.75 Å². The summed E-state index contributed by atoms with van der Waals surface area (Å²) in [5.74, 6) is 0.289. The van der Waals surface area contributed by atoms with Crippen LogP contribution in [-0.2, 0) is 11.3 Å². The first-order valence-electron chi connectivity index (χ1n) is 7.68. The largest absolute Gasteiger partial charge is 0.497 e. The van der Waals surface area contributed by atoms with Crippen molar-refractivity contribution in [3.05, 3.63) is 53.8 Å². The SMILES string of the molecule is COc1ccc(F)c(-c2ccc(CNC(=O)OC(C)(C)C)cc2)c1. The van der Waals surface area contributed by atoms with E-state index in [0.29, 0.717) is 17.9 Å². The van der Waals surface area contributed by atoms with Crippen LogP contribution in [0.2, 0.25) is 0 Å². The summed E-state index contributed by atoms with van der Waals surface area (Å²) in [7, 11) is 1.54. The number of ether oxygens (including phenoxy) is 2. The number of carbonyl (C=O) groups excluding carboxylic acids is 1. The lowest BCUT2D eigenvalue weighted by atomic mass is 10.0. The van der Waals surface area contributed by atoms with Gasteiger partial charge in [0.2, 0.25) is 0 Å². The first-order valence-corrected chi connectivity index (χ1v) is 7.68. The van der Waals surface area contributed by atoms with Crippen LogP contribution in [0.3, 0.4) is 0 Å². The molecule has 0 aliphatic rings. The molecular formula is C19H22FNO3. The van der Waals surface area contributed by atoms with Crippen molar-refractivity contribution in [1.82, 2.24) is 5.32 Å². The normalized spacial score (nSPS) is 11.0. The Morgan fingerprint density at radius 2 is 1.79 bits per heavy atom. The molecule has 0 aromatic heterocycles. The van der Waals surface area contributed by atoms with Gasteiger partial charge in [-0.1, -0.05) is 24.3 Å². The highest BCUT2D eigenvalue weighted by Crippen LogP contribution is 2.27. The minimum absolute atomic E-state index is 0.310. The number of nitrogens with one attached hydrogen (secondary N) is 1. The third kappa shape index (κ3) is 4.98. The van der Waals surface area contributed by atoms with E-state index in [2.05, 4.69) is 5.32 Å². The van der Waals surface area contributed by atoms with Gasteiger partial charge in [0.1, 0.15) is 17.2 Å². The number of rotatable bonds is 4. The second-order valence-corrected chi connectivity index (χ2v) is 6.40. The summed E-state index contributed by atoms with van der Waals surface area (Å²) in [5, 5.41) is 2.69. The molecule has 0 bridgehead atoms. The van der Waals surface area contributed by atoms with Crippen LogP contribution in [-0.4, -0.2) is 18.8 Å². The summed E-state index contributed by atoms with van der Waals surface area (Å²) in [6, 6.07) is 11.9. The zero-order valence-electron chi connectivity index (χ0n) is 14.4. The highest BCUT2D eigenvalue weighted by molar-refractivity contribution is 5.68. The van der Waals surface area contributed by atoms with Crippen LogP contribution in [0.25, 0.3) is 11.1 Å². The van der Waals surface area contributed by atoms with Crippen LogP contribution in [0.4, 0.5) is 9.18 Å². The van der Waals surface area contributed by atoms with E-state index in [1.54, 1.807) is 19.2 Å². The number of amides is 1. The number of halogens is 1. The first kappa shape index (κ1) is 17.8. The van der Waals surface area contributed by atoms with Crippen LogP contribution in [0, 0.1) is 5.82 Å². The molecule has 4 nitrogen and oxygen atoms in total. The van der Waals surface area contributed by atoms with Gasteiger partial charge in [-0.3, -0.25) is 0 Å². The van der Waals surface area contributed by atoms with Crippen molar-refractivity contribution in [2.75, 3.05) is 7.11 Å². The molecule has 0 spiro atoms. The lowest BCUT2D eigenvalue weighted by Crippen LogP contribution is -2.32. The molecule has 0 saturated heterocycles. The van der Waals surface area contributed by atoms with Gasteiger partial charge in [0.25, 0.3) is 0 Å². The third-order valence-electron chi connectivity index (χ3n) is 3.27. The van der Waals surface area contributed by atoms with Gasteiger partial charge in [0, 0.05) is 12.1 Å². The second kappa shape index (κ2) is 7.34. The Bertz CT molecular complexity index is 706. The number of methoxy groups -OCH3 is 1. The maximum absolute atomic E-state index is 14.0. The first-order chi connectivity index (χ1) is 11.3. The summed E-state index contributed by atoms with van der Waals surface area (Å²) >= 11 is 0. The average Bonchev–Trinajstić information content (AvgIpc) is 2.52. The molecule has 0 aliphatic heterocycles. The van der Waals surface area contributed by atoms with Gasteiger partial charge in [0.05, 0.1) is 7.11 Å². The van der Waals surface area contributed by atoms with Crippen LogP contribution < -0.4 is 10.1 Å². The zero-order valence-corrected chi connectivity index (χ0v) is 14.4. The number of carbonyl (C=O) groups is 1. The molecule has 0 fully saturated rings. The maximum atomic E-state index is 14.0. The predicted octanol–water partition coefficient (Wildman–Crippen LogP) is 4.53. The van der Waals surface area contributed by atoms with Crippen molar-refractivity contribution in [2.24, 2.45) is 0 Å². The Kier molecular flexibility index (Phi) is 5.44. The molecule has 2 aromatic rings. The maximum Gasteiger partial charge on any atom is 0.407 e. The molecule has 24 heavy (non-hydrogen) atoms. The van der Waals surface area contributed by atoms with Crippen molar-refractivity contribution in [2.45, 2.75) is 32.9 Å². The highest BCUT2D eigenvalue weighted by atomic mass is 19.1. The van der Waals surface area contributed by atoms with Gasteiger partial charge in [-0.15, -0.1) is 0 Å². The van der Waals surface area contributed by atoms with Crippen molar-refractivity contribution in [3.63, 3.8) is 0 Å². The molecule has 0 radical (unpaired) electrons. The van der Waals surface area contributed by atoms with E-state index < -0.39 is 11.7 Å². The minimum atomic E-state index is -0.530. The third-order valence-corrected chi connectivity index (χ3v) is 3.27. The van der Waals surface area contributed by atoms with Crippen molar-refractivity contribution in [3.8, 4) is 16.9 Å². The summed E-state index contributed by atoms with van der Waals surface area (Å²) in [6.07, 6.45) is -0.467. The Labute approximate surface area is 141 Å². The molecule has 2 aromatic carbocycles. The number of hydrogen-bond acceptors (Lipinski definition) is 3. The monoisotopic (exact) mass is 331 g/mol. The van der Waals surface area contributed by atoms with Crippen LogP contribution >= 0.6 is 0 Å². The topological polar surface area (TPSA) is 47.6 Å². The van der Waals surface area contributed by atoms with E-state index in [4.69, 9.17) is 9.47 Å². The second-order valence-electron chi connectivity index (χ2n) is 6.40. The van der Waals surface area contributed by atoms with E-state index in [9.17, 15) is 9.18 Å². The van der Waals surface area contributed by atoms with Gasteiger partial charge < -0.3 is 14.8 Å². The van der Waals surface area contributed by atoms with E-state index in [1.807, 2.05) is 45.0 Å². The fraction of sp³-hybridized carbons (Fsp3) is 0.316. The predicted molar refractivity (Wildman–Crippen MR) is 91.5 cm³/mol. The highest BCUT2D eigenvalue weighted by Gasteiger charge is 2.15. The Hall–Kier alpha value is -2.56. The van der Waals surface area contributed by atoms with E-state index >= 15 is 0 Å². The lowest BCUT2D eigenvalue weighted by molar-refractivity contribution is 0.0523. The smallest absolute Gasteiger partial charge is 0.407 e. The summed E-state index contributed by atoms with van der Waals surface area (Å²) in [5.41, 5.74) is 1.58. The molecule has 0 unspecified atom stereocenters. The van der Waals surface area contributed by atoms with Gasteiger partial charge in [-0.2, -0.15) is 0 Å². The number of alkyl carbamates (subject to hydrolysis) is 1. The van der Waals surface area contributed by atoms with Gasteiger partial charge in [-0.05, 0) is 50.1 Å². The average molecular weight is 331 g/mol. The molecule has 1 amide bonds. The quantitative estimate of drug-likeness (QED) is 0.895. The molecule has 0 heterocycles. The Balaban J connectivity index is 2.05. The van der Waals surface area contributed by atoms with Gasteiger partial charge in [0.15, 0.2) is 0 Å². The summed E-state index contributed by atoms with van der Waals surface area (Å²) in [6.45, 7) is 5.77. The van der Waals surface area contributed by atoms with Crippen molar-refractivity contribution < 1.29 is 18.7 Å². The molecule has 0 saturated carbocycles. The van der Waals surface area contributed by atoms with Gasteiger partial charge in [-0.25, -0.2) is 9.18 Å². The van der Waals surface area contributed by atoms with Crippen LogP contribution in [0.1, 0.15) is 26.3 Å². The van der Waals surface area contributed by atoms with E-state index in [1.165, 1.54) is 6.07 Å². The Morgan fingerprint density at radius 3 is 2.38 bits per heavy atom. The number of benzene rings is 2. The van der Waals surface area contributed by atoms with E-state index in [-0.39, 0.29) is 5.82 Å². The summed E-state index contributed by atoms with van der Waals surface area (Å²) in [4.78, 5) is 11.6. The Morgan fingerprint density at radius 1 is 1.12 bits per heavy atom. The van der Waals surface area contributed by atoms with Crippen molar-refractivity contribution >= 4 is 6.09 Å². The molecular weight excluding hydrogens is 309 g/mol. The minimum Gasteiger partial charge on any atom is -0.497 e. The standard InChI is InChI=1S/C19H22FNO3/c1-19(2,3)24-18(22)21-12-13-5-7-14(8-6-13)16-11-15(23-4)9-10-17(16)20/h5-11H,12H2,1-4H3,(H,21,22). The molecule has 0 aliphatic carbocycles. The molecule has 1 N–H and O–H groups in total. The molecule has 0 atom stereocenters. The fourth-order valence-corrected chi connectivity index (χ4v) is 2.14. The van der Waals surface area contributed by atoms with Gasteiger partial charge >= 0.3 is 6.09 Å². The molecule has 5 heteroatoms. The number of hydrogen-bond donors (Lipinski definition) is 1. The summed E-state index contributed by atoms with van der Waals surface area (Å²) < 4.78 is 24.3. The zero-order chi connectivity index (χ0) is 17.7. The molecule has 128 valence electrons. The van der Waals surface area contributed by atoms with Crippen molar-refractivity contribution in [1.29, 1.82) is 0 Å². The fourth-order valence-electron chi connectivity index (χ4n) is 2.14.